The lowest BCUT2D eigenvalue weighted by Crippen LogP contribution is -2.17. The Kier molecular flexibility index (Phi) is 5.90. The van der Waals surface area contributed by atoms with Crippen molar-refractivity contribution in [1.29, 1.82) is 0 Å². The Morgan fingerprint density at radius 1 is 0.964 bits per heavy atom. The van der Waals surface area contributed by atoms with Crippen LogP contribution >= 0.6 is 11.6 Å². The molecule has 0 fully saturated rings. The molecule has 2 N–H and O–H groups in total. The molecule has 1 heterocycles. The number of nitrogens with one attached hydrogen (secondary N) is 2. The van der Waals surface area contributed by atoms with E-state index in [0.717, 1.165) is 52.7 Å². The maximum atomic E-state index is 6.18. The fourth-order valence-corrected chi connectivity index (χ4v) is 3.28. The molecule has 0 saturated heterocycles. The van der Waals surface area contributed by atoms with Gasteiger partial charge in [0.15, 0.2) is 0 Å². The number of aromatic amines is 1. The number of halogens is 1. The first-order chi connectivity index (χ1) is 13.8. The molecule has 0 aliphatic heterocycles. The molecule has 4 nitrogen and oxygen atoms in total. The first-order valence-electron chi connectivity index (χ1n) is 9.37. The van der Waals surface area contributed by atoms with Crippen molar-refractivity contribution in [2.45, 2.75) is 19.6 Å². The zero-order valence-corrected chi connectivity index (χ0v) is 16.2. The molecule has 1 aromatic heterocycles. The average molecular weight is 392 g/mol. The van der Waals surface area contributed by atoms with Crippen LogP contribution < -0.4 is 10.1 Å². The summed E-state index contributed by atoms with van der Waals surface area (Å²) >= 11 is 6.18. The summed E-state index contributed by atoms with van der Waals surface area (Å²) in [5.41, 5.74) is 4.27. The number of hydrogen-bond donors (Lipinski definition) is 2. The van der Waals surface area contributed by atoms with Gasteiger partial charge in [-0.2, -0.15) is 0 Å². The number of para-hydroxylation sites is 2. The average Bonchev–Trinajstić information content (AvgIpc) is 3.14. The molecule has 0 bridgehead atoms. The van der Waals surface area contributed by atoms with Gasteiger partial charge < -0.3 is 15.0 Å². The lowest BCUT2D eigenvalue weighted by molar-refractivity contribution is 0.306. The zero-order chi connectivity index (χ0) is 19.2. The van der Waals surface area contributed by atoms with Gasteiger partial charge in [0.05, 0.1) is 11.0 Å². The van der Waals surface area contributed by atoms with Gasteiger partial charge in [0.2, 0.25) is 0 Å². The molecule has 4 aromatic rings. The van der Waals surface area contributed by atoms with E-state index in [4.69, 9.17) is 16.3 Å². The molecule has 5 heteroatoms. The minimum Gasteiger partial charge on any atom is -0.489 e. The molecule has 0 spiro atoms. The fraction of sp³-hybridized carbons (Fsp3) is 0.174. The third-order valence-corrected chi connectivity index (χ3v) is 4.93. The Balaban J connectivity index is 1.27. The lowest BCUT2D eigenvalue weighted by Gasteiger charge is -2.10. The predicted molar refractivity (Wildman–Crippen MR) is 114 cm³/mol. The highest BCUT2D eigenvalue weighted by Crippen LogP contribution is 2.19. The summed E-state index contributed by atoms with van der Waals surface area (Å²) in [4.78, 5) is 7.96. The van der Waals surface area contributed by atoms with E-state index >= 15 is 0 Å². The van der Waals surface area contributed by atoms with Gasteiger partial charge in [-0.1, -0.05) is 54.1 Å². The van der Waals surface area contributed by atoms with E-state index < -0.39 is 0 Å². The number of fused-ring (bicyclic) bond motifs is 1. The largest absolute Gasteiger partial charge is 0.489 e. The predicted octanol–water partition coefficient (Wildman–Crippen LogP) is 5.13. The monoisotopic (exact) mass is 391 g/mol. The van der Waals surface area contributed by atoms with E-state index in [-0.39, 0.29) is 0 Å². The van der Waals surface area contributed by atoms with Gasteiger partial charge in [0, 0.05) is 30.1 Å². The number of ether oxygens (including phenoxy) is 1. The summed E-state index contributed by atoms with van der Waals surface area (Å²) in [6.07, 6.45) is 0.859. The van der Waals surface area contributed by atoms with Crippen molar-refractivity contribution in [3.05, 3.63) is 94.8 Å². The number of aromatic nitrogens is 2. The third-order valence-electron chi connectivity index (χ3n) is 4.56. The molecule has 0 saturated carbocycles. The number of rotatable bonds is 8. The smallest absolute Gasteiger partial charge is 0.120 e. The summed E-state index contributed by atoms with van der Waals surface area (Å²) in [5, 5.41) is 4.20. The van der Waals surface area contributed by atoms with Crippen molar-refractivity contribution in [3.63, 3.8) is 0 Å². The first-order valence-corrected chi connectivity index (χ1v) is 9.75. The highest BCUT2D eigenvalue weighted by atomic mass is 35.5. The van der Waals surface area contributed by atoms with Crippen LogP contribution in [0, 0.1) is 0 Å². The van der Waals surface area contributed by atoms with Gasteiger partial charge in [-0.25, -0.2) is 4.98 Å². The number of H-pyrrole nitrogens is 1. The van der Waals surface area contributed by atoms with E-state index in [1.54, 1.807) is 0 Å². The summed E-state index contributed by atoms with van der Waals surface area (Å²) < 4.78 is 5.90. The lowest BCUT2D eigenvalue weighted by atomic mass is 10.2. The van der Waals surface area contributed by atoms with Gasteiger partial charge in [-0.3, -0.25) is 0 Å². The van der Waals surface area contributed by atoms with Crippen molar-refractivity contribution in [1.82, 2.24) is 15.3 Å². The summed E-state index contributed by atoms with van der Waals surface area (Å²) in [5.74, 6) is 1.85. The molecule has 0 atom stereocenters. The van der Waals surface area contributed by atoms with Gasteiger partial charge in [-0.05, 0) is 35.9 Å². The maximum absolute atomic E-state index is 6.18. The molecular weight excluding hydrogens is 370 g/mol. The second-order valence-electron chi connectivity index (χ2n) is 6.65. The highest BCUT2D eigenvalue weighted by Gasteiger charge is 2.03. The standard InChI is InChI=1S/C23H22ClN3O/c24-20-9-2-1-7-18(20)16-28-19-8-5-6-17(14-19)15-25-13-12-23-26-21-10-3-4-11-22(21)27-23/h1-11,14,25H,12-13,15-16H2,(H,26,27). The summed E-state index contributed by atoms with van der Waals surface area (Å²) in [6.45, 7) is 2.09. The molecule has 0 aliphatic carbocycles. The van der Waals surface area contributed by atoms with Crippen LogP contribution in [0.25, 0.3) is 11.0 Å². The maximum Gasteiger partial charge on any atom is 0.120 e. The molecule has 0 amide bonds. The van der Waals surface area contributed by atoms with Crippen LogP contribution in [0.4, 0.5) is 0 Å². The Bertz CT molecular complexity index is 1030. The normalized spacial score (nSPS) is 11.0. The molecule has 28 heavy (non-hydrogen) atoms. The number of hydrogen-bond acceptors (Lipinski definition) is 3. The molecule has 3 aromatic carbocycles. The van der Waals surface area contributed by atoms with E-state index in [2.05, 4.69) is 27.4 Å². The highest BCUT2D eigenvalue weighted by molar-refractivity contribution is 6.31. The van der Waals surface area contributed by atoms with E-state index in [9.17, 15) is 0 Å². The van der Waals surface area contributed by atoms with Crippen LogP contribution in [-0.4, -0.2) is 16.5 Å². The minimum absolute atomic E-state index is 0.461. The van der Waals surface area contributed by atoms with Crippen molar-refractivity contribution < 1.29 is 4.74 Å². The Morgan fingerprint density at radius 2 is 1.82 bits per heavy atom. The van der Waals surface area contributed by atoms with Crippen LogP contribution in [0.15, 0.2) is 72.8 Å². The van der Waals surface area contributed by atoms with Crippen LogP contribution in [0.3, 0.4) is 0 Å². The number of benzene rings is 3. The molecule has 4 rings (SSSR count). The Morgan fingerprint density at radius 3 is 2.71 bits per heavy atom. The quantitative estimate of drug-likeness (QED) is 0.409. The van der Waals surface area contributed by atoms with E-state index in [1.165, 1.54) is 5.56 Å². The van der Waals surface area contributed by atoms with Crippen molar-refractivity contribution in [3.8, 4) is 5.75 Å². The van der Waals surface area contributed by atoms with Crippen molar-refractivity contribution >= 4 is 22.6 Å². The number of nitrogens with zero attached hydrogens (tertiary/aromatic N) is 1. The second kappa shape index (κ2) is 8.91. The van der Waals surface area contributed by atoms with E-state index in [0.29, 0.717) is 6.61 Å². The molecule has 142 valence electrons. The minimum atomic E-state index is 0.461. The van der Waals surface area contributed by atoms with E-state index in [1.807, 2.05) is 60.7 Å². The second-order valence-corrected chi connectivity index (χ2v) is 7.06. The first kappa shape index (κ1) is 18.5. The SMILES string of the molecule is Clc1ccccc1COc1cccc(CNCCc2nc3ccccc3[nH]2)c1. The topological polar surface area (TPSA) is 49.9 Å². The van der Waals surface area contributed by atoms with Crippen LogP contribution in [0.5, 0.6) is 5.75 Å². The van der Waals surface area contributed by atoms with Crippen LogP contribution in [-0.2, 0) is 19.6 Å². The van der Waals surface area contributed by atoms with Crippen molar-refractivity contribution in [2.24, 2.45) is 0 Å². The van der Waals surface area contributed by atoms with Crippen LogP contribution in [0.2, 0.25) is 5.02 Å². The molecular formula is C23H22ClN3O. The Hall–Kier alpha value is -2.82. The molecule has 0 aliphatic rings. The molecule has 0 radical (unpaired) electrons. The van der Waals surface area contributed by atoms with Crippen molar-refractivity contribution in [2.75, 3.05) is 6.54 Å². The number of imidazole rings is 1. The van der Waals surface area contributed by atoms with Gasteiger partial charge in [-0.15, -0.1) is 0 Å². The molecule has 0 unspecified atom stereocenters. The van der Waals surface area contributed by atoms with Gasteiger partial charge >= 0.3 is 0 Å². The summed E-state index contributed by atoms with van der Waals surface area (Å²) in [6, 6.07) is 24.0. The zero-order valence-electron chi connectivity index (χ0n) is 15.5. The Labute approximate surface area is 169 Å². The van der Waals surface area contributed by atoms with Gasteiger partial charge in [0.1, 0.15) is 18.2 Å². The third kappa shape index (κ3) is 4.71. The fourth-order valence-electron chi connectivity index (χ4n) is 3.09. The van der Waals surface area contributed by atoms with Crippen LogP contribution in [0.1, 0.15) is 17.0 Å². The summed E-state index contributed by atoms with van der Waals surface area (Å²) in [7, 11) is 0. The van der Waals surface area contributed by atoms with Gasteiger partial charge in [0.25, 0.3) is 0 Å².